The fourth-order valence-corrected chi connectivity index (χ4v) is 3.96. The van der Waals surface area contributed by atoms with Gasteiger partial charge in [-0.15, -0.1) is 0 Å². The Bertz CT molecular complexity index is 1500. The molecule has 0 unspecified atom stereocenters. The van der Waals surface area contributed by atoms with Gasteiger partial charge in [-0.05, 0) is 29.2 Å². The van der Waals surface area contributed by atoms with Crippen molar-refractivity contribution < 1.29 is 18.7 Å². The summed E-state index contributed by atoms with van der Waals surface area (Å²) >= 11 is 0. The Morgan fingerprint density at radius 2 is 1.81 bits per heavy atom. The molecule has 0 aliphatic carbocycles. The molecule has 4 aromatic rings. The molecule has 9 nitrogen and oxygen atoms in total. The summed E-state index contributed by atoms with van der Waals surface area (Å²) in [5.74, 6) is -1.09. The average Bonchev–Trinajstić information content (AvgIpc) is 3.26. The lowest BCUT2D eigenvalue weighted by atomic mass is 10.2. The van der Waals surface area contributed by atoms with Gasteiger partial charge in [-0.25, -0.2) is 18.7 Å². The average molecular weight is 495 g/mol. The first-order valence-electron chi connectivity index (χ1n) is 11.5. The molecule has 0 saturated carbocycles. The number of fused-ring (bicyclic) bond motifs is 1. The lowest BCUT2D eigenvalue weighted by molar-refractivity contribution is -0.145. The van der Waals surface area contributed by atoms with Crippen LogP contribution in [0, 0.1) is 11.7 Å². The molecule has 36 heavy (non-hydrogen) atoms. The number of ether oxygens (including phenoxy) is 2. The van der Waals surface area contributed by atoms with Gasteiger partial charge in [-0.2, -0.15) is 0 Å². The van der Waals surface area contributed by atoms with E-state index in [0.29, 0.717) is 12.1 Å². The van der Waals surface area contributed by atoms with Gasteiger partial charge in [0.2, 0.25) is 0 Å². The Labute approximate surface area is 206 Å². The van der Waals surface area contributed by atoms with Gasteiger partial charge in [-0.3, -0.25) is 14.2 Å². The molecule has 0 radical (unpaired) electrons. The van der Waals surface area contributed by atoms with Gasteiger partial charge in [0, 0.05) is 6.54 Å². The number of hydrogen-bond donors (Lipinski definition) is 0. The summed E-state index contributed by atoms with van der Waals surface area (Å²) in [5.41, 5.74) is 0.454. The van der Waals surface area contributed by atoms with Gasteiger partial charge in [-0.1, -0.05) is 50.2 Å². The first kappa shape index (κ1) is 24.9. The number of esters is 1. The standard InChI is InChI=1S/C26H27FN4O5/c1-17(2)12-29-16-28-24-23(29)25(33)31(26(34)30(24)13-18-7-5-4-6-8-18)14-22(32)36-15-19-9-10-21(35-3)20(27)11-19/h4-11,16-17H,12-15H2,1-3H3. The van der Waals surface area contributed by atoms with Crippen LogP contribution in [0.5, 0.6) is 5.75 Å². The van der Waals surface area contributed by atoms with Crippen LogP contribution < -0.4 is 16.0 Å². The summed E-state index contributed by atoms with van der Waals surface area (Å²) in [6.45, 7) is 3.89. The van der Waals surface area contributed by atoms with E-state index in [-0.39, 0.29) is 36.0 Å². The van der Waals surface area contributed by atoms with E-state index in [9.17, 15) is 18.8 Å². The molecule has 0 fully saturated rings. The zero-order valence-electron chi connectivity index (χ0n) is 20.3. The predicted octanol–water partition coefficient (Wildman–Crippen LogP) is 2.96. The smallest absolute Gasteiger partial charge is 0.333 e. The van der Waals surface area contributed by atoms with E-state index in [2.05, 4.69) is 4.98 Å². The van der Waals surface area contributed by atoms with E-state index in [1.807, 2.05) is 44.2 Å². The Morgan fingerprint density at radius 1 is 1.06 bits per heavy atom. The van der Waals surface area contributed by atoms with E-state index in [4.69, 9.17) is 9.47 Å². The van der Waals surface area contributed by atoms with Crippen molar-refractivity contribution in [2.45, 2.75) is 40.1 Å². The second kappa shape index (κ2) is 10.6. The maximum absolute atomic E-state index is 13.9. The number of carbonyl (C=O) groups excluding carboxylic acids is 1. The van der Waals surface area contributed by atoms with E-state index >= 15 is 0 Å². The van der Waals surface area contributed by atoms with Crippen LogP contribution in [-0.4, -0.2) is 31.8 Å². The van der Waals surface area contributed by atoms with Crippen LogP contribution >= 0.6 is 0 Å². The van der Waals surface area contributed by atoms with Crippen LogP contribution in [-0.2, 0) is 35.8 Å². The summed E-state index contributed by atoms with van der Waals surface area (Å²) in [4.78, 5) is 43.7. The molecule has 2 aromatic carbocycles. The number of nitrogens with zero attached hydrogens (tertiary/aromatic N) is 4. The van der Waals surface area contributed by atoms with Gasteiger partial charge in [0.25, 0.3) is 5.56 Å². The minimum atomic E-state index is -0.800. The molecule has 0 bridgehead atoms. The minimum absolute atomic E-state index is 0.0712. The first-order chi connectivity index (χ1) is 17.3. The molecular weight excluding hydrogens is 467 g/mol. The van der Waals surface area contributed by atoms with Crippen molar-refractivity contribution >= 4 is 17.1 Å². The van der Waals surface area contributed by atoms with Gasteiger partial charge in [0.15, 0.2) is 22.7 Å². The normalized spacial score (nSPS) is 11.2. The zero-order chi connectivity index (χ0) is 25.8. The van der Waals surface area contributed by atoms with Crippen molar-refractivity contribution in [3.8, 4) is 5.75 Å². The molecule has 0 spiro atoms. The molecule has 0 aliphatic heterocycles. The SMILES string of the molecule is COc1ccc(COC(=O)Cn2c(=O)c3c(ncn3CC(C)C)n(Cc3ccccc3)c2=O)cc1F. The summed E-state index contributed by atoms with van der Waals surface area (Å²) < 4.78 is 28.0. The third kappa shape index (κ3) is 5.22. The number of methoxy groups -OCH3 is 1. The lowest BCUT2D eigenvalue weighted by Crippen LogP contribution is -2.42. The molecule has 0 aliphatic rings. The summed E-state index contributed by atoms with van der Waals surface area (Å²) in [6.07, 6.45) is 1.54. The lowest BCUT2D eigenvalue weighted by Gasteiger charge is -2.13. The Morgan fingerprint density at radius 3 is 2.47 bits per heavy atom. The number of imidazole rings is 1. The maximum atomic E-state index is 13.9. The Hall–Kier alpha value is -4.21. The van der Waals surface area contributed by atoms with Crippen LogP contribution in [0.15, 0.2) is 64.4 Å². The molecule has 188 valence electrons. The molecule has 0 amide bonds. The summed E-state index contributed by atoms with van der Waals surface area (Å²) in [5, 5.41) is 0. The van der Waals surface area contributed by atoms with E-state index < -0.39 is 29.6 Å². The highest BCUT2D eigenvalue weighted by atomic mass is 19.1. The third-order valence-corrected chi connectivity index (χ3v) is 5.63. The summed E-state index contributed by atoms with van der Waals surface area (Å²) in [7, 11) is 1.35. The van der Waals surface area contributed by atoms with Crippen molar-refractivity contribution in [2.24, 2.45) is 5.92 Å². The first-order valence-corrected chi connectivity index (χ1v) is 11.5. The van der Waals surface area contributed by atoms with Crippen molar-refractivity contribution in [3.63, 3.8) is 0 Å². The van der Waals surface area contributed by atoms with Crippen LogP contribution in [0.25, 0.3) is 11.2 Å². The number of aromatic nitrogens is 4. The summed E-state index contributed by atoms with van der Waals surface area (Å²) in [6, 6.07) is 13.5. The second-order valence-corrected chi connectivity index (χ2v) is 8.84. The third-order valence-electron chi connectivity index (χ3n) is 5.63. The largest absolute Gasteiger partial charge is 0.494 e. The molecular formula is C26H27FN4O5. The van der Waals surface area contributed by atoms with E-state index in [1.165, 1.54) is 30.1 Å². The van der Waals surface area contributed by atoms with Gasteiger partial charge >= 0.3 is 11.7 Å². The van der Waals surface area contributed by atoms with Gasteiger partial charge < -0.3 is 14.0 Å². The van der Waals surface area contributed by atoms with Crippen molar-refractivity contribution in [1.82, 2.24) is 18.7 Å². The highest BCUT2D eigenvalue weighted by Gasteiger charge is 2.21. The number of halogens is 1. The van der Waals surface area contributed by atoms with Crippen LogP contribution in [0.2, 0.25) is 0 Å². The minimum Gasteiger partial charge on any atom is -0.494 e. The van der Waals surface area contributed by atoms with Gasteiger partial charge in [0.1, 0.15) is 13.2 Å². The molecule has 10 heteroatoms. The predicted molar refractivity (Wildman–Crippen MR) is 131 cm³/mol. The molecule has 2 aromatic heterocycles. The highest BCUT2D eigenvalue weighted by Crippen LogP contribution is 2.18. The van der Waals surface area contributed by atoms with Crippen molar-refractivity contribution in [3.05, 3.63) is 92.6 Å². The van der Waals surface area contributed by atoms with Crippen LogP contribution in [0.3, 0.4) is 0 Å². The highest BCUT2D eigenvalue weighted by molar-refractivity contribution is 5.72. The Kier molecular flexibility index (Phi) is 7.33. The monoisotopic (exact) mass is 494 g/mol. The molecule has 0 N–H and O–H groups in total. The fourth-order valence-electron chi connectivity index (χ4n) is 3.96. The topological polar surface area (TPSA) is 97.3 Å². The van der Waals surface area contributed by atoms with Crippen molar-refractivity contribution in [1.29, 1.82) is 0 Å². The fraction of sp³-hybridized carbons (Fsp3) is 0.308. The molecule has 4 rings (SSSR count). The number of carbonyl (C=O) groups is 1. The quantitative estimate of drug-likeness (QED) is 0.332. The number of rotatable bonds is 9. The number of hydrogen-bond acceptors (Lipinski definition) is 6. The van der Waals surface area contributed by atoms with E-state index in [1.54, 1.807) is 10.6 Å². The van der Waals surface area contributed by atoms with Crippen molar-refractivity contribution in [2.75, 3.05) is 7.11 Å². The molecule has 2 heterocycles. The maximum Gasteiger partial charge on any atom is 0.333 e. The van der Waals surface area contributed by atoms with Gasteiger partial charge in [0.05, 0.1) is 20.0 Å². The number of benzene rings is 2. The molecule has 0 saturated heterocycles. The van der Waals surface area contributed by atoms with Crippen LogP contribution in [0.1, 0.15) is 25.0 Å². The molecule has 0 atom stereocenters. The van der Waals surface area contributed by atoms with E-state index in [0.717, 1.165) is 10.1 Å². The zero-order valence-corrected chi connectivity index (χ0v) is 20.3. The van der Waals surface area contributed by atoms with Crippen LogP contribution in [0.4, 0.5) is 4.39 Å². The Balaban J connectivity index is 1.67. The second-order valence-electron chi connectivity index (χ2n) is 8.84.